The Kier molecular flexibility index (Phi) is 6.24. The summed E-state index contributed by atoms with van der Waals surface area (Å²) in [5.41, 5.74) is 1.62. The Hall–Kier alpha value is -1.83. The fourth-order valence-corrected chi connectivity index (χ4v) is 3.28. The van der Waals surface area contributed by atoms with E-state index in [4.69, 9.17) is 14.2 Å². The van der Waals surface area contributed by atoms with Crippen LogP contribution in [0.25, 0.3) is 0 Å². The standard InChI is InChI=1S/C21H28N2O4/c1-20(2)26-15-18(27-20)17(23-14-16-9-5-4-6-10-16)13-21(24,25-3)19-11-7-8-12-22-19/h4-12,17-18,23-24H,13-15H2,1-3H3/t17-,18-,21?/m1/s1. The lowest BCUT2D eigenvalue weighted by Crippen LogP contribution is -2.47. The Balaban J connectivity index is 1.78. The zero-order chi connectivity index (χ0) is 19.3. The number of hydrogen-bond acceptors (Lipinski definition) is 6. The molecule has 0 aliphatic carbocycles. The lowest BCUT2D eigenvalue weighted by Gasteiger charge is -2.33. The number of nitrogens with one attached hydrogen (secondary N) is 1. The van der Waals surface area contributed by atoms with E-state index < -0.39 is 11.6 Å². The Morgan fingerprint density at radius 3 is 2.59 bits per heavy atom. The quantitative estimate of drug-likeness (QED) is 0.694. The topological polar surface area (TPSA) is 72.8 Å². The summed E-state index contributed by atoms with van der Waals surface area (Å²) in [7, 11) is 1.48. The van der Waals surface area contributed by atoms with E-state index in [2.05, 4.69) is 22.4 Å². The van der Waals surface area contributed by atoms with Crippen LogP contribution in [0.4, 0.5) is 0 Å². The van der Waals surface area contributed by atoms with Crippen LogP contribution in [0, 0.1) is 0 Å². The summed E-state index contributed by atoms with van der Waals surface area (Å²) in [6.07, 6.45) is 1.70. The molecule has 1 aromatic carbocycles. The number of ether oxygens (including phenoxy) is 3. The summed E-state index contributed by atoms with van der Waals surface area (Å²) in [5, 5.41) is 14.6. The molecule has 1 unspecified atom stereocenters. The van der Waals surface area contributed by atoms with E-state index in [1.165, 1.54) is 7.11 Å². The molecule has 3 atom stereocenters. The third-order valence-electron chi connectivity index (χ3n) is 4.79. The molecule has 0 radical (unpaired) electrons. The van der Waals surface area contributed by atoms with Crippen LogP contribution in [0.2, 0.25) is 0 Å². The van der Waals surface area contributed by atoms with E-state index in [0.29, 0.717) is 18.8 Å². The second kappa shape index (κ2) is 8.46. The number of aromatic nitrogens is 1. The first kappa shape index (κ1) is 19.9. The highest BCUT2D eigenvalue weighted by molar-refractivity contribution is 5.15. The summed E-state index contributed by atoms with van der Waals surface area (Å²) in [6, 6.07) is 15.3. The Morgan fingerprint density at radius 2 is 2.00 bits per heavy atom. The van der Waals surface area contributed by atoms with Crippen LogP contribution in [0.15, 0.2) is 54.7 Å². The van der Waals surface area contributed by atoms with Gasteiger partial charge in [0.2, 0.25) is 5.79 Å². The normalized spacial score (nSPS) is 22.3. The minimum atomic E-state index is -1.52. The van der Waals surface area contributed by atoms with Gasteiger partial charge in [0.25, 0.3) is 0 Å². The van der Waals surface area contributed by atoms with Crippen LogP contribution in [-0.2, 0) is 26.5 Å². The molecule has 2 N–H and O–H groups in total. The molecule has 27 heavy (non-hydrogen) atoms. The summed E-state index contributed by atoms with van der Waals surface area (Å²) in [6.45, 7) is 4.88. The maximum Gasteiger partial charge on any atom is 0.211 e. The van der Waals surface area contributed by atoms with Crippen LogP contribution >= 0.6 is 0 Å². The van der Waals surface area contributed by atoms with E-state index in [1.807, 2.05) is 38.1 Å². The van der Waals surface area contributed by atoms with Crippen molar-refractivity contribution in [3.05, 3.63) is 66.0 Å². The third-order valence-corrected chi connectivity index (χ3v) is 4.79. The molecule has 1 aliphatic heterocycles. The number of hydrogen-bond donors (Lipinski definition) is 2. The first-order valence-corrected chi connectivity index (χ1v) is 9.20. The molecule has 6 heteroatoms. The molecule has 1 fully saturated rings. The maximum atomic E-state index is 11.1. The van der Waals surface area contributed by atoms with Crippen molar-refractivity contribution in [3.63, 3.8) is 0 Å². The maximum absolute atomic E-state index is 11.1. The lowest BCUT2D eigenvalue weighted by molar-refractivity contribution is -0.212. The number of pyridine rings is 1. The van der Waals surface area contributed by atoms with Gasteiger partial charge in [0.05, 0.1) is 18.4 Å². The minimum absolute atomic E-state index is 0.195. The van der Waals surface area contributed by atoms with Gasteiger partial charge in [-0.05, 0) is 31.5 Å². The van der Waals surface area contributed by atoms with Crippen molar-refractivity contribution >= 4 is 0 Å². The summed E-state index contributed by atoms with van der Waals surface area (Å²) in [4.78, 5) is 4.27. The van der Waals surface area contributed by atoms with Gasteiger partial charge in [-0.2, -0.15) is 0 Å². The van der Waals surface area contributed by atoms with Gasteiger partial charge in [-0.25, -0.2) is 0 Å². The predicted molar refractivity (Wildman–Crippen MR) is 102 cm³/mol. The van der Waals surface area contributed by atoms with Crippen molar-refractivity contribution in [2.24, 2.45) is 0 Å². The Labute approximate surface area is 160 Å². The van der Waals surface area contributed by atoms with Crippen molar-refractivity contribution in [1.29, 1.82) is 0 Å². The molecule has 6 nitrogen and oxygen atoms in total. The van der Waals surface area contributed by atoms with Gasteiger partial charge in [-0.1, -0.05) is 36.4 Å². The number of methoxy groups -OCH3 is 1. The van der Waals surface area contributed by atoms with Gasteiger partial charge in [0, 0.05) is 32.3 Å². The average Bonchev–Trinajstić information content (AvgIpc) is 3.06. The fourth-order valence-electron chi connectivity index (χ4n) is 3.28. The van der Waals surface area contributed by atoms with Crippen molar-refractivity contribution < 1.29 is 19.3 Å². The molecule has 0 amide bonds. The zero-order valence-corrected chi connectivity index (χ0v) is 16.1. The predicted octanol–water partition coefficient (Wildman–Crippen LogP) is 2.57. The number of rotatable bonds is 8. The lowest BCUT2D eigenvalue weighted by atomic mass is 9.97. The molecule has 3 rings (SSSR count). The largest absolute Gasteiger partial charge is 0.361 e. The van der Waals surface area contributed by atoms with Gasteiger partial charge in [0.15, 0.2) is 5.79 Å². The van der Waals surface area contributed by atoms with Crippen LogP contribution in [-0.4, -0.2) is 41.7 Å². The second-order valence-electron chi connectivity index (χ2n) is 7.25. The molecular weight excluding hydrogens is 344 g/mol. The van der Waals surface area contributed by atoms with E-state index >= 15 is 0 Å². The molecule has 1 aliphatic rings. The highest BCUT2D eigenvalue weighted by Gasteiger charge is 2.42. The average molecular weight is 372 g/mol. The SMILES string of the molecule is COC(O)(C[C@@H](NCc1ccccc1)[C@H]1COC(C)(C)O1)c1ccccn1. The van der Waals surface area contributed by atoms with Crippen LogP contribution in [0.1, 0.15) is 31.5 Å². The van der Waals surface area contributed by atoms with Gasteiger partial charge in [0.1, 0.15) is 0 Å². The molecule has 1 aromatic heterocycles. The molecule has 2 heterocycles. The van der Waals surface area contributed by atoms with Crippen LogP contribution < -0.4 is 5.32 Å². The van der Waals surface area contributed by atoms with Gasteiger partial charge in [-0.3, -0.25) is 4.98 Å². The number of aliphatic hydroxyl groups is 1. The molecule has 2 aromatic rings. The molecule has 0 saturated carbocycles. The minimum Gasteiger partial charge on any atom is -0.361 e. The van der Waals surface area contributed by atoms with E-state index in [9.17, 15) is 5.11 Å². The van der Waals surface area contributed by atoms with Crippen LogP contribution in [0.3, 0.4) is 0 Å². The van der Waals surface area contributed by atoms with Crippen LogP contribution in [0.5, 0.6) is 0 Å². The monoisotopic (exact) mass is 372 g/mol. The number of benzene rings is 1. The van der Waals surface area contributed by atoms with Crippen molar-refractivity contribution in [2.45, 2.75) is 50.5 Å². The van der Waals surface area contributed by atoms with E-state index in [0.717, 1.165) is 5.56 Å². The molecule has 1 saturated heterocycles. The second-order valence-corrected chi connectivity index (χ2v) is 7.25. The zero-order valence-electron chi connectivity index (χ0n) is 16.1. The van der Waals surface area contributed by atoms with E-state index in [1.54, 1.807) is 18.3 Å². The van der Waals surface area contributed by atoms with Gasteiger partial charge in [-0.15, -0.1) is 0 Å². The number of nitrogens with zero attached hydrogens (tertiary/aromatic N) is 1. The smallest absolute Gasteiger partial charge is 0.211 e. The van der Waals surface area contributed by atoms with Gasteiger partial charge < -0.3 is 24.6 Å². The Morgan fingerprint density at radius 1 is 1.26 bits per heavy atom. The highest BCUT2D eigenvalue weighted by atomic mass is 16.7. The summed E-state index contributed by atoms with van der Waals surface area (Å²) < 4.78 is 17.3. The summed E-state index contributed by atoms with van der Waals surface area (Å²) in [5.74, 6) is -2.17. The molecule has 0 spiro atoms. The summed E-state index contributed by atoms with van der Waals surface area (Å²) >= 11 is 0. The van der Waals surface area contributed by atoms with Crippen molar-refractivity contribution in [3.8, 4) is 0 Å². The molecule has 0 bridgehead atoms. The molecular formula is C21H28N2O4. The highest BCUT2D eigenvalue weighted by Crippen LogP contribution is 2.31. The Bertz CT molecular complexity index is 711. The third kappa shape index (κ3) is 5.12. The first-order valence-electron chi connectivity index (χ1n) is 9.20. The fraction of sp³-hybridized carbons (Fsp3) is 0.476. The van der Waals surface area contributed by atoms with E-state index in [-0.39, 0.29) is 18.6 Å². The first-order chi connectivity index (χ1) is 12.9. The van der Waals surface area contributed by atoms with Crippen molar-refractivity contribution in [2.75, 3.05) is 13.7 Å². The van der Waals surface area contributed by atoms with Gasteiger partial charge >= 0.3 is 0 Å². The van der Waals surface area contributed by atoms with Crippen molar-refractivity contribution in [1.82, 2.24) is 10.3 Å². The molecule has 146 valence electrons.